The van der Waals surface area contributed by atoms with E-state index >= 15 is 0 Å². The van der Waals surface area contributed by atoms with Crippen LogP contribution < -0.4 is 5.32 Å². The van der Waals surface area contributed by atoms with Crippen LogP contribution in [0.5, 0.6) is 0 Å². The van der Waals surface area contributed by atoms with Gasteiger partial charge in [-0.3, -0.25) is 9.59 Å². The molecule has 1 saturated heterocycles. The van der Waals surface area contributed by atoms with E-state index in [9.17, 15) is 9.59 Å². The van der Waals surface area contributed by atoms with Gasteiger partial charge in [-0.15, -0.1) is 11.3 Å². The van der Waals surface area contributed by atoms with Crippen molar-refractivity contribution in [2.75, 3.05) is 13.6 Å². The van der Waals surface area contributed by atoms with Crippen LogP contribution in [0.2, 0.25) is 0 Å². The van der Waals surface area contributed by atoms with E-state index in [1.165, 1.54) is 11.3 Å². The van der Waals surface area contributed by atoms with Gasteiger partial charge in [-0.05, 0) is 45.6 Å². The number of piperidine rings is 1. The highest BCUT2D eigenvalue weighted by molar-refractivity contribution is 7.20. The summed E-state index contributed by atoms with van der Waals surface area (Å²) in [5.41, 5.74) is 1.81. The number of thiophene rings is 1. The third-order valence-corrected chi connectivity index (χ3v) is 5.76. The number of nitrogens with zero attached hydrogens (tertiary/aromatic N) is 3. The fourth-order valence-corrected chi connectivity index (χ4v) is 4.66. The summed E-state index contributed by atoms with van der Waals surface area (Å²) in [6.07, 6.45) is 2.62. The topological polar surface area (TPSA) is 75.2 Å². The van der Waals surface area contributed by atoms with E-state index in [2.05, 4.69) is 15.3 Å². The van der Waals surface area contributed by atoms with Crippen LogP contribution in [0, 0.1) is 20.8 Å². The number of nitrogens with one attached hydrogen (secondary N) is 1. The summed E-state index contributed by atoms with van der Waals surface area (Å²) >= 11 is 1.40. The largest absolute Gasteiger partial charge is 0.357 e. The van der Waals surface area contributed by atoms with Crippen LogP contribution in [0.1, 0.15) is 46.0 Å². The molecule has 0 radical (unpaired) electrons. The molecule has 1 N–H and O–H groups in total. The molecule has 1 atom stereocenters. The first-order valence-electron chi connectivity index (χ1n) is 8.21. The second-order valence-electron chi connectivity index (χ2n) is 6.22. The molecule has 128 valence electrons. The van der Waals surface area contributed by atoms with Gasteiger partial charge in [0.2, 0.25) is 5.91 Å². The quantitative estimate of drug-likeness (QED) is 0.906. The average molecular weight is 346 g/mol. The van der Waals surface area contributed by atoms with Gasteiger partial charge < -0.3 is 10.2 Å². The SMILES string of the molecule is CNC(=O)[C@H]1CCCCN1C(=O)c1sc2nc(C)nc(C)c2c1C. The third-order valence-electron chi connectivity index (χ3n) is 4.59. The lowest BCUT2D eigenvalue weighted by Gasteiger charge is -2.34. The fraction of sp³-hybridized carbons (Fsp3) is 0.529. The predicted molar refractivity (Wildman–Crippen MR) is 94.4 cm³/mol. The molecule has 24 heavy (non-hydrogen) atoms. The van der Waals surface area contributed by atoms with Crippen molar-refractivity contribution >= 4 is 33.4 Å². The Morgan fingerprint density at radius 2 is 1.96 bits per heavy atom. The Bertz CT molecular complexity index is 815. The first-order valence-corrected chi connectivity index (χ1v) is 9.02. The molecule has 0 bridgehead atoms. The predicted octanol–water partition coefficient (Wildman–Crippen LogP) is 2.36. The van der Waals surface area contributed by atoms with Crippen LogP contribution in [0.25, 0.3) is 10.2 Å². The van der Waals surface area contributed by atoms with Gasteiger partial charge in [-0.1, -0.05) is 0 Å². The molecule has 3 heterocycles. The molecule has 1 aliphatic heterocycles. The minimum Gasteiger partial charge on any atom is -0.357 e. The van der Waals surface area contributed by atoms with E-state index in [1.807, 2.05) is 20.8 Å². The van der Waals surface area contributed by atoms with Crippen LogP contribution in [0.3, 0.4) is 0 Å². The summed E-state index contributed by atoms with van der Waals surface area (Å²) in [5, 5.41) is 3.64. The molecule has 1 fully saturated rings. The lowest BCUT2D eigenvalue weighted by atomic mass is 10.0. The Labute approximate surface area is 145 Å². The van der Waals surface area contributed by atoms with Gasteiger partial charge in [0.05, 0.1) is 4.88 Å². The molecule has 2 amide bonds. The first-order chi connectivity index (χ1) is 11.4. The Kier molecular flexibility index (Phi) is 4.54. The molecule has 2 aromatic heterocycles. The van der Waals surface area contributed by atoms with Crippen LogP contribution >= 0.6 is 11.3 Å². The van der Waals surface area contributed by atoms with Crippen molar-refractivity contribution in [1.29, 1.82) is 0 Å². The highest BCUT2D eigenvalue weighted by Crippen LogP contribution is 2.33. The van der Waals surface area contributed by atoms with Crippen molar-refractivity contribution in [2.24, 2.45) is 0 Å². The lowest BCUT2D eigenvalue weighted by Crippen LogP contribution is -2.51. The fourth-order valence-electron chi connectivity index (χ4n) is 3.42. The summed E-state index contributed by atoms with van der Waals surface area (Å²) in [6.45, 7) is 6.36. The lowest BCUT2D eigenvalue weighted by molar-refractivity contribution is -0.126. The number of fused-ring (bicyclic) bond motifs is 1. The van der Waals surface area contributed by atoms with Crippen LogP contribution in [0.4, 0.5) is 0 Å². The maximum atomic E-state index is 13.1. The summed E-state index contributed by atoms with van der Waals surface area (Å²) in [7, 11) is 1.62. The first kappa shape index (κ1) is 16.8. The van der Waals surface area contributed by atoms with Crippen molar-refractivity contribution in [1.82, 2.24) is 20.2 Å². The number of carbonyl (C=O) groups is 2. The van der Waals surface area contributed by atoms with Crippen molar-refractivity contribution in [3.8, 4) is 0 Å². The summed E-state index contributed by atoms with van der Waals surface area (Å²) in [5.74, 6) is 0.552. The highest BCUT2D eigenvalue weighted by Gasteiger charge is 2.34. The summed E-state index contributed by atoms with van der Waals surface area (Å²) < 4.78 is 0. The molecule has 6 nitrogen and oxygen atoms in total. The zero-order chi connectivity index (χ0) is 17.4. The second kappa shape index (κ2) is 6.47. The van der Waals surface area contributed by atoms with E-state index in [-0.39, 0.29) is 17.9 Å². The minimum absolute atomic E-state index is 0.0687. The highest BCUT2D eigenvalue weighted by atomic mass is 32.1. The van der Waals surface area contributed by atoms with Gasteiger partial charge >= 0.3 is 0 Å². The zero-order valence-electron chi connectivity index (χ0n) is 14.5. The number of hydrogen-bond donors (Lipinski definition) is 1. The molecule has 0 aromatic carbocycles. The normalized spacial score (nSPS) is 18.0. The maximum absolute atomic E-state index is 13.1. The number of likely N-dealkylation sites (tertiary alicyclic amines) is 1. The zero-order valence-corrected chi connectivity index (χ0v) is 15.3. The number of rotatable bonds is 2. The molecule has 1 aliphatic rings. The number of carbonyl (C=O) groups excluding carboxylic acids is 2. The molecule has 7 heteroatoms. The number of aromatic nitrogens is 2. The van der Waals surface area contributed by atoms with Crippen molar-refractivity contribution < 1.29 is 9.59 Å². The van der Waals surface area contributed by atoms with Crippen molar-refractivity contribution in [2.45, 2.75) is 46.1 Å². The van der Waals surface area contributed by atoms with Gasteiger partial charge in [-0.2, -0.15) is 0 Å². The van der Waals surface area contributed by atoms with Gasteiger partial charge in [0.1, 0.15) is 16.7 Å². The van der Waals surface area contributed by atoms with Crippen LogP contribution in [-0.4, -0.2) is 46.3 Å². The van der Waals surface area contributed by atoms with E-state index in [0.717, 1.165) is 34.3 Å². The molecule has 3 rings (SSSR count). The number of hydrogen-bond acceptors (Lipinski definition) is 5. The summed E-state index contributed by atoms with van der Waals surface area (Å²) in [6, 6.07) is -0.380. The number of aryl methyl sites for hydroxylation is 3. The molecule has 0 aliphatic carbocycles. The molecule has 0 unspecified atom stereocenters. The number of amides is 2. The van der Waals surface area contributed by atoms with Crippen molar-refractivity contribution in [3.05, 3.63) is 22.0 Å². The molecular weight excluding hydrogens is 324 g/mol. The van der Waals surface area contributed by atoms with E-state index in [0.29, 0.717) is 23.7 Å². The van der Waals surface area contributed by atoms with E-state index < -0.39 is 0 Å². The van der Waals surface area contributed by atoms with Gasteiger partial charge in [0, 0.05) is 24.7 Å². The minimum atomic E-state index is -0.380. The van der Waals surface area contributed by atoms with Crippen molar-refractivity contribution in [3.63, 3.8) is 0 Å². The Morgan fingerprint density at radius 1 is 1.21 bits per heavy atom. The van der Waals surface area contributed by atoms with Gasteiger partial charge in [-0.25, -0.2) is 9.97 Å². The monoisotopic (exact) mass is 346 g/mol. The molecule has 0 saturated carbocycles. The van der Waals surface area contributed by atoms with E-state index in [4.69, 9.17) is 0 Å². The van der Waals surface area contributed by atoms with E-state index in [1.54, 1.807) is 11.9 Å². The smallest absolute Gasteiger partial charge is 0.264 e. The van der Waals surface area contributed by atoms with Gasteiger partial charge in [0.25, 0.3) is 5.91 Å². The number of likely N-dealkylation sites (N-methyl/N-ethyl adjacent to an activating group) is 1. The standard InChI is InChI=1S/C17H22N4O2S/c1-9-13-10(2)19-11(3)20-16(13)24-14(9)17(23)21-8-6-5-7-12(21)15(22)18-4/h12H,5-8H2,1-4H3,(H,18,22)/t12-/m1/s1. The van der Waals surface area contributed by atoms with Crippen LogP contribution in [0.15, 0.2) is 0 Å². The molecular formula is C17H22N4O2S. The summed E-state index contributed by atoms with van der Waals surface area (Å²) in [4.78, 5) is 37.4. The van der Waals surface area contributed by atoms with Crippen LogP contribution in [-0.2, 0) is 4.79 Å². The Morgan fingerprint density at radius 3 is 2.67 bits per heavy atom. The second-order valence-corrected chi connectivity index (χ2v) is 7.22. The third kappa shape index (κ3) is 2.77. The Balaban J connectivity index is 2.03. The average Bonchev–Trinajstić information content (AvgIpc) is 2.90. The Hall–Kier alpha value is -2.02. The maximum Gasteiger partial charge on any atom is 0.264 e. The molecule has 2 aromatic rings. The molecule has 0 spiro atoms. The van der Waals surface area contributed by atoms with Gasteiger partial charge in [0.15, 0.2) is 0 Å².